The Kier molecular flexibility index (Phi) is 5.79. The largest absolute Gasteiger partial charge is 0.342 e. The highest BCUT2D eigenvalue weighted by molar-refractivity contribution is 6.42. The van der Waals surface area contributed by atoms with Crippen molar-refractivity contribution >= 4 is 40.7 Å². The van der Waals surface area contributed by atoms with Crippen LogP contribution in [0.15, 0.2) is 24.5 Å². The molecule has 0 saturated carbocycles. The normalized spacial score (nSPS) is 20.5. The van der Waals surface area contributed by atoms with Gasteiger partial charge in [-0.1, -0.05) is 23.2 Å². The molecule has 4 rings (SSSR count). The minimum absolute atomic E-state index is 0.0760. The molecule has 0 radical (unpaired) electrons. The Morgan fingerprint density at radius 1 is 1.14 bits per heavy atom. The lowest BCUT2D eigenvalue weighted by Gasteiger charge is -2.33. The molecule has 2 aliphatic rings. The van der Waals surface area contributed by atoms with Crippen LogP contribution in [-0.2, 0) is 16.1 Å². The molecule has 1 unspecified atom stereocenters. The first-order chi connectivity index (χ1) is 14.0. The zero-order valence-electron chi connectivity index (χ0n) is 16.2. The van der Waals surface area contributed by atoms with E-state index in [1.54, 1.807) is 29.4 Å². The summed E-state index contributed by atoms with van der Waals surface area (Å²) in [5.41, 5.74) is 0.678. The van der Waals surface area contributed by atoms with Crippen LogP contribution in [0, 0.1) is 5.92 Å². The van der Waals surface area contributed by atoms with Crippen LogP contribution in [0.5, 0.6) is 0 Å². The number of carbonyl (C=O) groups excluding carboxylic acids is 2. The predicted molar refractivity (Wildman–Crippen MR) is 111 cm³/mol. The molecule has 0 spiro atoms. The van der Waals surface area contributed by atoms with Gasteiger partial charge in [0.05, 0.1) is 10.0 Å². The maximum absolute atomic E-state index is 13.0. The Morgan fingerprint density at radius 3 is 2.59 bits per heavy atom. The molecule has 9 heteroatoms. The highest BCUT2D eigenvalue weighted by Crippen LogP contribution is 2.33. The Labute approximate surface area is 179 Å². The van der Waals surface area contributed by atoms with Gasteiger partial charge in [-0.2, -0.15) is 0 Å². The number of rotatable bonds is 4. The summed E-state index contributed by atoms with van der Waals surface area (Å²) in [6.45, 7) is 4.68. The van der Waals surface area contributed by atoms with Crippen molar-refractivity contribution in [3.63, 3.8) is 0 Å². The number of aryl methyl sites for hydroxylation is 1. The molecule has 0 N–H and O–H groups in total. The number of hydrogen-bond donors (Lipinski definition) is 0. The first kappa shape index (κ1) is 20.2. The average molecular weight is 436 g/mol. The summed E-state index contributed by atoms with van der Waals surface area (Å²) < 4.78 is 2.05. The molecular formula is C20H23Cl2N5O2. The second-order valence-corrected chi connectivity index (χ2v) is 8.32. The van der Waals surface area contributed by atoms with Gasteiger partial charge in [-0.25, -0.2) is 0 Å². The van der Waals surface area contributed by atoms with Crippen molar-refractivity contribution < 1.29 is 9.59 Å². The lowest BCUT2D eigenvalue weighted by atomic mass is 9.94. The number of aromatic nitrogens is 3. The quantitative estimate of drug-likeness (QED) is 0.690. The van der Waals surface area contributed by atoms with Gasteiger partial charge in [0.15, 0.2) is 0 Å². The molecule has 1 aromatic heterocycles. The fraction of sp³-hybridized carbons (Fsp3) is 0.500. The minimum atomic E-state index is -0.625. The number of hydrogen-bond acceptors (Lipinski definition) is 4. The van der Waals surface area contributed by atoms with Crippen molar-refractivity contribution in [2.75, 3.05) is 24.5 Å². The van der Waals surface area contributed by atoms with Crippen LogP contribution >= 0.6 is 23.2 Å². The summed E-state index contributed by atoms with van der Waals surface area (Å²) in [5, 5.41) is 9.10. The number of anilines is 1. The molecule has 2 aromatic rings. The van der Waals surface area contributed by atoms with Crippen LogP contribution in [-0.4, -0.2) is 51.1 Å². The van der Waals surface area contributed by atoms with E-state index in [0.717, 1.165) is 25.2 Å². The first-order valence-corrected chi connectivity index (χ1v) is 10.7. The van der Waals surface area contributed by atoms with Gasteiger partial charge in [-0.05, 0) is 44.4 Å². The molecule has 2 amide bonds. The zero-order chi connectivity index (χ0) is 20.5. The summed E-state index contributed by atoms with van der Waals surface area (Å²) in [7, 11) is 0. The number of halogens is 2. The monoisotopic (exact) mass is 435 g/mol. The molecule has 154 valence electrons. The molecule has 7 nitrogen and oxygen atoms in total. The van der Waals surface area contributed by atoms with Gasteiger partial charge < -0.3 is 14.4 Å². The molecule has 2 aliphatic heterocycles. The Hall–Kier alpha value is -2.12. The third kappa shape index (κ3) is 3.85. The number of amides is 2. The maximum Gasteiger partial charge on any atom is 0.239 e. The van der Waals surface area contributed by atoms with Crippen molar-refractivity contribution in [2.24, 2.45) is 5.92 Å². The summed E-state index contributed by atoms with van der Waals surface area (Å²) in [6.07, 6.45) is 3.94. The fourth-order valence-corrected chi connectivity index (χ4v) is 4.51. The second-order valence-electron chi connectivity index (χ2n) is 7.50. The van der Waals surface area contributed by atoms with Gasteiger partial charge >= 0.3 is 0 Å². The van der Waals surface area contributed by atoms with E-state index in [0.29, 0.717) is 47.7 Å². The van der Waals surface area contributed by atoms with Crippen molar-refractivity contribution in [2.45, 2.75) is 38.6 Å². The summed E-state index contributed by atoms with van der Waals surface area (Å²) in [6, 6.07) is 5.10. The zero-order valence-corrected chi connectivity index (χ0v) is 17.7. The molecule has 1 aromatic carbocycles. The van der Waals surface area contributed by atoms with Crippen molar-refractivity contribution in [3.05, 3.63) is 40.4 Å². The Morgan fingerprint density at radius 2 is 1.90 bits per heavy atom. The lowest BCUT2D eigenvalue weighted by Crippen LogP contribution is -2.44. The smallest absolute Gasteiger partial charge is 0.239 e. The van der Waals surface area contributed by atoms with Gasteiger partial charge in [0.1, 0.15) is 18.1 Å². The van der Waals surface area contributed by atoms with Gasteiger partial charge in [0, 0.05) is 37.8 Å². The average Bonchev–Trinajstić information content (AvgIpc) is 3.36. The summed E-state index contributed by atoms with van der Waals surface area (Å²) in [5.74, 6) is 0.422. The molecule has 3 heterocycles. The highest BCUT2D eigenvalue weighted by Gasteiger charge is 2.40. The SMILES string of the molecule is CCn1cnnc1C1CCN(C(=O)C2CCN(c3ccc(Cl)c(Cl)c3)C2=O)CC1. The van der Waals surface area contributed by atoms with Crippen molar-refractivity contribution in [1.82, 2.24) is 19.7 Å². The van der Waals surface area contributed by atoms with E-state index in [1.165, 1.54) is 0 Å². The van der Waals surface area contributed by atoms with Crippen LogP contribution < -0.4 is 4.90 Å². The minimum Gasteiger partial charge on any atom is -0.342 e. The lowest BCUT2D eigenvalue weighted by molar-refractivity contribution is -0.140. The molecule has 0 aliphatic carbocycles. The van der Waals surface area contributed by atoms with E-state index < -0.39 is 5.92 Å². The van der Waals surface area contributed by atoms with Crippen LogP contribution in [0.25, 0.3) is 0 Å². The topological polar surface area (TPSA) is 71.3 Å². The molecule has 2 fully saturated rings. The summed E-state index contributed by atoms with van der Waals surface area (Å²) >= 11 is 12.0. The molecule has 2 saturated heterocycles. The van der Waals surface area contributed by atoms with Crippen molar-refractivity contribution in [1.29, 1.82) is 0 Å². The number of piperidine rings is 1. The van der Waals surface area contributed by atoms with Gasteiger partial charge in [0.25, 0.3) is 0 Å². The number of carbonyl (C=O) groups is 2. The van der Waals surface area contributed by atoms with E-state index in [-0.39, 0.29) is 11.8 Å². The Bertz CT molecular complexity index is 923. The second kappa shape index (κ2) is 8.32. The van der Waals surface area contributed by atoms with E-state index in [2.05, 4.69) is 21.7 Å². The van der Waals surface area contributed by atoms with Gasteiger partial charge in [0.2, 0.25) is 11.8 Å². The van der Waals surface area contributed by atoms with Crippen LogP contribution in [0.1, 0.15) is 37.9 Å². The Balaban J connectivity index is 1.39. The molecule has 0 bridgehead atoms. The van der Waals surface area contributed by atoms with Crippen LogP contribution in [0.2, 0.25) is 10.0 Å². The highest BCUT2D eigenvalue weighted by atomic mass is 35.5. The molecule has 1 atom stereocenters. The van der Waals surface area contributed by atoms with E-state index in [4.69, 9.17) is 23.2 Å². The maximum atomic E-state index is 13.0. The van der Waals surface area contributed by atoms with E-state index >= 15 is 0 Å². The standard InChI is InChI=1S/C20H23Cl2N5O2/c1-2-25-12-23-24-18(25)13-5-8-26(9-6-13)19(28)15-7-10-27(20(15)29)14-3-4-16(21)17(22)11-14/h3-4,11-13,15H,2,5-10H2,1H3. The summed E-state index contributed by atoms with van der Waals surface area (Å²) in [4.78, 5) is 29.4. The van der Waals surface area contributed by atoms with Gasteiger partial charge in [-0.3, -0.25) is 9.59 Å². The number of benzene rings is 1. The third-order valence-corrected chi connectivity index (χ3v) is 6.62. The van der Waals surface area contributed by atoms with E-state index in [1.807, 2.05) is 4.90 Å². The number of nitrogens with zero attached hydrogens (tertiary/aromatic N) is 5. The van der Waals surface area contributed by atoms with Crippen LogP contribution in [0.4, 0.5) is 5.69 Å². The third-order valence-electron chi connectivity index (χ3n) is 5.88. The first-order valence-electron chi connectivity index (χ1n) is 9.92. The van der Waals surface area contributed by atoms with Gasteiger partial charge in [-0.15, -0.1) is 10.2 Å². The number of likely N-dealkylation sites (tertiary alicyclic amines) is 1. The molecule has 29 heavy (non-hydrogen) atoms. The van der Waals surface area contributed by atoms with Crippen molar-refractivity contribution in [3.8, 4) is 0 Å². The predicted octanol–water partition coefficient (Wildman–Crippen LogP) is 3.36. The van der Waals surface area contributed by atoms with Crippen LogP contribution in [0.3, 0.4) is 0 Å². The van der Waals surface area contributed by atoms with E-state index in [9.17, 15) is 9.59 Å². The molecular weight excluding hydrogens is 413 g/mol. The fourth-order valence-electron chi connectivity index (χ4n) is 4.22.